The molecule has 3 N–H and O–H groups in total. The molecule has 0 rings (SSSR count). The van der Waals surface area contributed by atoms with E-state index < -0.39 is 97.5 Å². The Morgan fingerprint density at radius 2 is 0.500 bits per heavy atom. The topological polar surface area (TPSA) is 237 Å². The second-order valence-corrected chi connectivity index (χ2v) is 29.5. The van der Waals surface area contributed by atoms with Crippen LogP contribution in [-0.2, 0) is 65.4 Å². The van der Waals surface area contributed by atoms with Crippen LogP contribution in [0.25, 0.3) is 0 Å². The molecule has 17 nitrogen and oxygen atoms in total. The highest BCUT2D eigenvalue weighted by Crippen LogP contribution is 2.45. The van der Waals surface area contributed by atoms with E-state index in [1.807, 2.05) is 18.2 Å². The lowest BCUT2D eigenvalue weighted by molar-refractivity contribution is -0.161. The quantitative estimate of drug-likeness (QED) is 0.0169. The van der Waals surface area contributed by atoms with E-state index in [1.54, 1.807) is 0 Å². The molecule has 0 amide bonds. The van der Waals surface area contributed by atoms with Crippen molar-refractivity contribution >= 4 is 39.5 Å². The number of phosphoric acid groups is 2. The van der Waals surface area contributed by atoms with Gasteiger partial charge in [-0.05, 0) is 167 Å². The maximum absolute atomic E-state index is 13.1. The number of ether oxygens (including phenoxy) is 4. The second kappa shape index (κ2) is 79.3. The molecule has 0 aromatic carbocycles. The van der Waals surface area contributed by atoms with Crippen molar-refractivity contribution in [2.75, 3.05) is 39.6 Å². The smallest absolute Gasteiger partial charge is 0.462 e. The zero-order chi connectivity index (χ0) is 78.9. The Morgan fingerprint density at radius 3 is 0.796 bits per heavy atom. The van der Waals surface area contributed by atoms with E-state index in [2.05, 4.69) is 192 Å². The van der Waals surface area contributed by atoms with E-state index in [-0.39, 0.29) is 25.7 Å². The van der Waals surface area contributed by atoms with Gasteiger partial charge in [0.1, 0.15) is 19.3 Å². The Hall–Kier alpha value is -5.84. The number of esters is 4. The first-order chi connectivity index (χ1) is 52.7. The molecule has 0 spiro atoms. The van der Waals surface area contributed by atoms with Crippen molar-refractivity contribution in [2.45, 2.75) is 316 Å². The normalized spacial score (nSPS) is 14.8. The standard InChI is InChI=1S/C89H144O17P2/c1-5-9-13-17-21-25-29-33-37-39-41-43-47-49-53-57-61-65-69-73-86(91)99-79-84(105-88(93)75-71-67-63-59-55-51-45-35-31-27-23-19-15-11-7-3)81-103-107(95,96)101-77-83(90)78-102-108(97,98)104-82-85(106-89(94)76-72-68-64-60-56-52-46-36-32-28-24-20-16-12-8-4)80-100-87(92)74-70-66-62-58-54-50-48-44-42-40-38-34-30-26-22-18-14-10-6-2/h9-11,13-15,21-28,33-38,41-46,50,54,62,66,83-85,90H,5-8,12,16-20,29-32,39-40,47-49,51-53,55-61,63-65,67-82H2,1-4H3,(H,95,96)(H,97,98)/b13-9-,14-10-,15-11-,25-21-,26-22-,27-23-,28-24-,37-33-,38-34-,43-41-,44-42-,45-35-,46-36-,54-50-,66-62-. The highest BCUT2D eigenvalue weighted by molar-refractivity contribution is 7.47. The van der Waals surface area contributed by atoms with Crippen molar-refractivity contribution in [3.05, 3.63) is 182 Å². The zero-order valence-electron chi connectivity index (χ0n) is 66.9. The first-order valence-electron chi connectivity index (χ1n) is 41.0. The summed E-state index contributed by atoms with van der Waals surface area (Å²) in [6.45, 7) is 4.36. The summed E-state index contributed by atoms with van der Waals surface area (Å²) in [7, 11) is -10.0. The molecule has 0 saturated carbocycles. The van der Waals surface area contributed by atoms with Crippen LogP contribution in [0.15, 0.2) is 182 Å². The first kappa shape index (κ1) is 102. The van der Waals surface area contributed by atoms with Crippen LogP contribution < -0.4 is 0 Å². The fourth-order valence-electron chi connectivity index (χ4n) is 10.2. The van der Waals surface area contributed by atoms with Crippen LogP contribution in [0.3, 0.4) is 0 Å². The SMILES string of the molecule is CC/C=C\C/C=C\C/C=C\C/C=C\C/C=C\C/C=C\CCC(=O)OCC(COP(=O)(O)OCC(O)COP(=O)(O)OCC(COC(=O)CCCCCCCC/C=C\C/C=C\C/C=C\C/C=C\CC)OC(=O)CCCCCCC/C=C\C/C=C\C/C=C\CC)OC(=O)CCCCCCC/C=C\C/C=C\CCCCC. The number of hydrogen-bond donors (Lipinski definition) is 3. The molecule has 0 bridgehead atoms. The van der Waals surface area contributed by atoms with Gasteiger partial charge in [-0.1, -0.05) is 287 Å². The molecule has 0 fully saturated rings. The van der Waals surface area contributed by atoms with E-state index in [0.29, 0.717) is 32.1 Å². The van der Waals surface area contributed by atoms with Crippen LogP contribution in [0.4, 0.5) is 0 Å². The van der Waals surface area contributed by atoms with Crippen LogP contribution in [0, 0.1) is 0 Å². The van der Waals surface area contributed by atoms with Gasteiger partial charge < -0.3 is 33.8 Å². The van der Waals surface area contributed by atoms with Gasteiger partial charge in [-0.2, -0.15) is 0 Å². The Bertz CT molecular complexity index is 2760. The molecule has 5 unspecified atom stereocenters. The molecule has 0 saturated heterocycles. The third kappa shape index (κ3) is 78.3. The lowest BCUT2D eigenvalue weighted by Gasteiger charge is -2.21. The van der Waals surface area contributed by atoms with E-state index >= 15 is 0 Å². The Morgan fingerprint density at radius 1 is 0.269 bits per heavy atom. The fraction of sp³-hybridized carbons (Fsp3) is 0.618. The maximum atomic E-state index is 13.1. The summed E-state index contributed by atoms with van der Waals surface area (Å²) < 4.78 is 68.6. The molecule has 108 heavy (non-hydrogen) atoms. The summed E-state index contributed by atoms with van der Waals surface area (Å²) in [5, 5.41) is 10.7. The minimum atomic E-state index is -5.01. The number of aliphatic hydroxyl groups is 1. The molecule has 0 aliphatic heterocycles. The van der Waals surface area contributed by atoms with Crippen molar-refractivity contribution in [3.8, 4) is 0 Å². The molecular formula is C89H144O17P2. The van der Waals surface area contributed by atoms with E-state index in [4.69, 9.17) is 37.0 Å². The predicted octanol–water partition coefficient (Wildman–Crippen LogP) is 24.3. The van der Waals surface area contributed by atoms with Gasteiger partial charge in [0.25, 0.3) is 0 Å². The third-order valence-electron chi connectivity index (χ3n) is 16.4. The van der Waals surface area contributed by atoms with Crippen LogP contribution in [0.1, 0.15) is 297 Å². The third-order valence-corrected chi connectivity index (χ3v) is 18.3. The molecule has 19 heteroatoms. The zero-order valence-corrected chi connectivity index (χ0v) is 68.7. The highest BCUT2D eigenvalue weighted by atomic mass is 31.2. The van der Waals surface area contributed by atoms with E-state index in [0.717, 1.165) is 193 Å². The number of unbranched alkanes of at least 4 members (excludes halogenated alkanes) is 19. The second-order valence-electron chi connectivity index (χ2n) is 26.6. The minimum Gasteiger partial charge on any atom is -0.462 e. The van der Waals surface area contributed by atoms with Gasteiger partial charge >= 0.3 is 39.5 Å². The van der Waals surface area contributed by atoms with Crippen molar-refractivity contribution < 1.29 is 80.2 Å². The number of carbonyl (C=O) groups excluding carboxylic acids is 4. The Balaban J connectivity index is 5.48. The van der Waals surface area contributed by atoms with Crippen molar-refractivity contribution in [1.29, 1.82) is 0 Å². The summed E-state index contributed by atoms with van der Waals surface area (Å²) in [5.41, 5.74) is 0. The molecule has 0 aliphatic rings. The van der Waals surface area contributed by atoms with Gasteiger partial charge in [0.15, 0.2) is 12.2 Å². The van der Waals surface area contributed by atoms with Gasteiger partial charge in [0.05, 0.1) is 26.4 Å². The molecule has 612 valence electrons. The molecular weight excluding hydrogens is 1400 g/mol. The number of phosphoric ester groups is 2. The number of rotatable bonds is 75. The largest absolute Gasteiger partial charge is 0.472 e. The highest BCUT2D eigenvalue weighted by Gasteiger charge is 2.30. The van der Waals surface area contributed by atoms with Crippen molar-refractivity contribution in [2.24, 2.45) is 0 Å². The van der Waals surface area contributed by atoms with Crippen LogP contribution in [0.5, 0.6) is 0 Å². The predicted molar refractivity (Wildman–Crippen MR) is 445 cm³/mol. The summed E-state index contributed by atoms with van der Waals surface area (Å²) in [5.74, 6) is -2.33. The van der Waals surface area contributed by atoms with Gasteiger partial charge in [-0.25, -0.2) is 9.13 Å². The van der Waals surface area contributed by atoms with Gasteiger partial charge in [0.2, 0.25) is 0 Å². The summed E-state index contributed by atoms with van der Waals surface area (Å²) >= 11 is 0. The van der Waals surface area contributed by atoms with Crippen LogP contribution in [-0.4, -0.2) is 96.7 Å². The lowest BCUT2D eigenvalue weighted by Crippen LogP contribution is -2.30. The van der Waals surface area contributed by atoms with E-state index in [9.17, 15) is 43.2 Å². The summed E-state index contributed by atoms with van der Waals surface area (Å²) in [6, 6.07) is 0. The number of allylic oxidation sites excluding steroid dienone is 30. The lowest BCUT2D eigenvalue weighted by atomic mass is 10.1. The molecule has 5 atom stereocenters. The maximum Gasteiger partial charge on any atom is 0.472 e. The monoisotopic (exact) mass is 1550 g/mol. The molecule has 0 aromatic rings. The van der Waals surface area contributed by atoms with Crippen LogP contribution >= 0.6 is 15.6 Å². The molecule has 0 aliphatic carbocycles. The van der Waals surface area contributed by atoms with Gasteiger partial charge in [0, 0.05) is 25.7 Å². The molecule has 0 radical (unpaired) electrons. The average Bonchev–Trinajstić information content (AvgIpc) is 0.923. The number of hydrogen-bond acceptors (Lipinski definition) is 15. The molecule has 0 aromatic heterocycles. The fourth-order valence-corrected chi connectivity index (χ4v) is 11.8. The first-order valence-corrected chi connectivity index (χ1v) is 44.0. The van der Waals surface area contributed by atoms with Crippen molar-refractivity contribution in [3.63, 3.8) is 0 Å². The summed E-state index contributed by atoms with van der Waals surface area (Å²) in [6.07, 6.45) is 95.9. The average molecular weight is 1550 g/mol. The Labute approximate surface area is 654 Å². The number of carbonyl (C=O) groups is 4. The minimum absolute atomic E-state index is 0.0267. The molecule has 0 heterocycles. The van der Waals surface area contributed by atoms with Gasteiger partial charge in [-0.3, -0.25) is 37.3 Å². The van der Waals surface area contributed by atoms with Crippen molar-refractivity contribution in [1.82, 2.24) is 0 Å². The Kier molecular flexibility index (Phi) is 75.0. The van der Waals surface area contributed by atoms with E-state index in [1.165, 1.54) is 19.3 Å². The van der Waals surface area contributed by atoms with Crippen LogP contribution in [0.2, 0.25) is 0 Å². The number of aliphatic hydroxyl groups excluding tert-OH is 1. The van der Waals surface area contributed by atoms with Gasteiger partial charge in [-0.15, -0.1) is 0 Å². The summed E-state index contributed by atoms with van der Waals surface area (Å²) in [4.78, 5) is 73.1.